The molecule has 1 saturated heterocycles. The number of fused-ring (bicyclic) bond motifs is 1. The molecule has 3 rings (SSSR count). The van der Waals surface area contributed by atoms with E-state index in [9.17, 15) is 4.79 Å². The number of hydrogen-bond acceptors (Lipinski definition) is 5. The summed E-state index contributed by atoms with van der Waals surface area (Å²) in [6.45, 7) is 6.42. The van der Waals surface area contributed by atoms with E-state index in [-0.39, 0.29) is 5.91 Å². The third kappa shape index (κ3) is 3.23. The van der Waals surface area contributed by atoms with Gasteiger partial charge < -0.3 is 9.64 Å². The molecule has 1 amide bonds. The molecule has 124 valence electrons. The van der Waals surface area contributed by atoms with E-state index >= 15 is 0 Å². The summed E-state index contributed by atoms with van der Waals surface area (Å²) in [4.78, 5) is 25.4. The SMILES string of the molecule is CCc1c(C)sc2ncnc(C[C@H]3CC(=O)N(CCOC)C3)c12. The number of rotatable bonds is 6. The smallest absolute Gasteiger partial charge is 0.223 e. The first-order valence-corrected chi connectivity index (χ1v) is 8.94. The van der Waals surface area contributed by atoms with E-state index in [1.54, 1.807) is 24.8 Å². The number of hydrogen-bond donors (Lipinski definition) is 0. The molecule has 1 atom stereocenters. The lowest BCUT2D eigenvalue weighted by Crippen LogP contribution is -2.29. The Morgan fingerprint density at radius 1 is 1.43 bits per heavy atom. The average Bonchev–Trinajstić information content (AvgIpc) is 3.04. The highest BCUT2D eigenvalue weighted by molar-refractivity contribution is 7.18. The average molecular weight is 333 g/mol. The third-order valence-corrected chi connectivity index (χ3v) is 5.62. The third-order valence-electron chi connectivity index (χ3n) is 4.56. The zero-order valence-electron chi connectivity index (χ0n) is 14.0. The van der Waals surface area contributed by atoms with E-state index in [1.165, 1.54) is 15.8 Å². The highest BCUT2D eigenvalue weighted by Gasteiger charge is 2.30. The van der Waals surface area contributed by atoms with Crippen LogP contribution >= 0.6 is 11.3 Å². The van der Waals surface area contributed by atoms with Gasteiger partial charge in [0.2, 0.25) is 5.91 Å². The maximum atomic E-state index is 12.1. The first kappa shape index (κ1) is 16.3. The quantitative estimate of drug-likeness (QED) is 0.815. The maximum Gasteiger partial charge on any atom is 0.223 e. The van der Waals surface area contributed by atoms with Crippen molar-refractivity contribution in [3.8, 4) is 0 Å². The molecule has 0 aromatic carbocycles. The molecule has 0 saturated carbocycles. The Hall–Kier alpha value is -1.53. The second-order valence-corrected chi connectivity index (χ2v) is 7.30. The molecule has 2 aromatic heterocycles. The Morgan fingerprint density at radius 3 is 3.00 bits per heavy atom. The molecule has 1 aliphatic rings. The van der Waals surface area contributed by atoms with Gasteiger partial charge in [0.15, 0.2) is 0 Å². The van der Waals surface area contributed by atoms with Crippen LogP contribution in [0, 0.1) is 12.8 Å². The lowest BCUT2D eigenvalue weighted by molar-refractivity contribution is -0.128. The largest absolute Gasteiger partial charge is 0.383 e. The molecule has 0 N–H and O–H groups in total. The number of ether oxygens (including phenoxy) is 1. The van der Waals surface area contributed by atoms with Crippen molar-refractivity contribution in [1.29, 1.82) is 0 Å². The Bertz CT molecular complexity index is 713. The minimum absolute atomic E-state index is 0.231. The van der Waals surface area contributed by atoms with Gasteiger partial charge in [-0.2, -0.15) is 0 Å². The molecule has 0 spiro atoms. The van der Waals surface area contributed by atoms with E-state index in [2.05, 4.69) is 23.8 Å². The van der Waals surface area contributed by atoms with Crippen molar-refractivity contribution in [3.05, 3.63) is 22.5 Å². The molecular formula is C17H23N3O2S. The van der Waals surface area contributed by atoms with Crippen molar-refractivity contribution in [2.24, 2.45) is 5.92 Å². The lowest BCUT2D eigenvalue weighted by atomic mass is 9.98. The van der Waals surface area contributed by atoms with Gasteiger partial charge >= 0.3 is 0 Å². The fraction of sp³-hybridized carbons (Fsp3) is 0.588. The van der Waals surface area contributed by atoms with Crippen molar-refractivity contribution in [3.63, 3.8) is 0 Å². The summed E-state index contributed by atoms with van der Waals surface area (Å²) in [7, 11) is 1.67. The van der Waals surface area contributed by atoms with Gasteiger partial charge in [-0.3, -0.25) is 4.79 Å². The van der Waals surface area contributed by atoms with Crippen LogP contribution in [0.4, 0.5) is 0 Å². The predicted octanol–water partition coefficient (Wildman–Crippen LogP) is 2.60. The van der Waals surface area contributed by atoms with Crippen LogP contribution < -0.4 is 0 Å². The van der Waals surface area contributed by atoms with Crippen LogP contribution in [0.5, 0.6) is 0 Å². The molecule has 0 bridgehead atoms. The van der Waals surface area contributed by atoms with Gasteiger partial charge in [0.1, 0.15) is 11.2 Å². The van der Waals surface area contributed by atoms with Gasteiger partial charge in [-0.15, -0.1) is 11.3 Å². The van der Waals surface area contributed by atoms with Gasteiger partial charge in [0.25, 0.3) is 0 Å². The van der Waals surface area contributed by atoms with Gasteiger partial charge in [-0.25, -0.2) is 9.97 Å². The summed E-state index contributed by atoms with van der Waals surface area (Å²) in [6.07, 6.45) is 4.11. The van der Waals surface area contributed by atoms with E-state index in [0.717, 1.165) is 29.9 Å². The monoisotopic (exact) mass is 333 g/mol. The topological polar surface area (TPSA) is 55.3 Å². The molecule has 6 heteroatoms. The van der Waals surface area contributed by atoms with Gasteiger partial charge in [-0.05, 0) is 31.2 Å². The number of likely N-dealkylation sites (tertiary alicyclic amines) is 1. The molecule has 1 aliphatic heterocycles. The van der Waals surface area contributed by atoms with Crippen molar-refractivity contribution in [1.82, 2.24) is 14.9 Å². The summed E-state index contributed by atoms with van der Waals surface area (Å²) >= 11 is 1.74. The van der Waals surface area contributed by atoms with Crippen molar-refractivity contribution in [2.45, 2.75) is 33.1 Å². The maximum absolute atomic E-state index is 12.1. The first-order valence-electron chi connectivity index (χ1n) is 8.12. The van der Waals surface area contributed by atoms with E-state index in [0.29, 0.717) is 25.5 Å². The molecule has 5 nitrogen and oxygen atoms in total. The van der Waals surface area contributed by atoms with E-state index in [4.69, 9.17) is 4.74 Å². The molecule has 23 heavy (non-hydrogen) atoms. The second-order valence-electron chi connectivity index (χ2n) is 6.10. The highest BCUT2D eigenvalue weighted by atomic mass is 32.1. The first-order chi connectivity index (χ1) is 11.1. The van der Waals surface area contributed by atoms with Crippen LogP contribution in [0.25, 0.3) is 10.2 Å². The van der Waals surface area contributed by atoms with E-state index in [1.807, 2.05) is 4.90 Å². The Kier molecular flexibility index (Phi) is 4.92. The minimum atomic E-state index is 0.231. The van der Waals surface area contributed by atoms with Crippen LogP contribution in [0.3, 0.4) is 0 Å². The summed E-state index contributed by atoms with van der Waals surface area (Å²) in [5, 5.41) is 1.22. The normalized spacial score (nSPS) is 18.3. The number of aryl methyl sites for hydroxylation is 2. The number of amides is 1. The fourth-order valence-corrected chi connectivity index (χ4v) is 4.53. The van der Waals surface area contributed by atoms with Crippen LogP contribution in [-0.2, 0) is 22.4 Å². The number of thiophene rings is 1. The number of methoxy groups -OCH3 is 1. The molecule has 1 fully saturated rings. The molecule has 3 heterocycles. The number of aromatic nitrogens is 2. The summed E-state index contributed by atoms with van der Waals surface area (Å²) in [5.74, 6) is 0.567. The van der Waals surface area contributed by atoms with Gasteiger partial charge in [0, 0.05) is 36.9 Å². The zero-order chi connectivity index (χ0) is 16.4. The highest BCUT2D eigenvalue weighted by Crippen LogP contribution is 2.33. The van der Waals surface area contributed by atoms with Crippen LogP contribution in [0.15, 0.2) is 6.33 Å². The Morgan fingerprint density at radius 2 is 2.26 bits per heavy atom. The number of nitrogens with zero attached hydrogens (tertiary/aromatic N) is 3. The molecular weight excluding hydrogens is 310 g/mol. The fourth-order valence-electron chi connectivity index (χ4n) is 3.43. The molecule has 0 radical (unpaired) electrons. The molecule has 0 aliphatic carbocycles. The van der Waals surface area contributed by atoms with E-state index < -0.39 is 0 Å². The zero-order valence-corrected chi connectivity index (χ0v) is 14.8. The number of carbonyl (C=O) groups excluding carboxylic acids is 1. The van der Waals surface area contributed by atoms with Crippen molar-refractivity contribution >= 4 is 27.5 Å². The van der Waals surface area contributed by atoms with Gasteiger partial charge in [-0.1, -0.05) is 6.92 Å². The Balaban J connectivity index is 1.81. The standard InChI is InChI=1S/C17H23N3O2S/c1-4-13-11(2)23-17-16(13)14(18-10-19-17)7-12-8-15(21)20(9-12)5-6-22-3/h10,12H,4-9H2,1-3H3/t12-/m0/s1. The summed E-state index contributed by atoms with van der Waals surface area (Å²) in [6, 6.07) is 0. The second kappa shape index (κ2) is 6.93. The predicted molar refractivity (Wildman–Crippen MR) is 91.8 cm³/mol. The molecule has 2 aromatic rings. The van der Waals surface area contributed by atoms with Crippen molar-refractivity contribution < 1.29 is 9.53 Å². The Labute approximate surface area is 140 Å². The lowest BCUT2D eigenvalue weighted by Gasteiger charge is -2.16. The summed E-state index contributed by atoms with van der Waals surface area (Å²) in [5.41, 5.74) is 2.46. The molecule has 0 unspecified atom stereocenters. The van der Waals surface area contributed by atoms with Crippen LogP contribution in [-0.4, -0.2) is 47.6 Å². The van der Waals surface area contributed by atoms with Crippen molar-refractivity contribution in [2.75, 3.05) is 26.8 Å². The summed E-state index contributed by atoms with van der Waals surface area (Å²) < 4.78 is 5.08. The van der Waals surface area contributed by atoms with Crippen LogP contribution in [0.1, 0.15) is 29.5 Å². The minimum Gasteiger partial charge on any atom is -0.383 e. The van der Waals surface area contributed by atoms with Crippen LogP contribution in [0.2, 0.25) is 0 Å². The van der Waals surface area contributed by atoms with Gasteiger partial charge in [0.05, 0.1) is 12.3 Å². The number of carbonyl (C=O) groups is 1.